The number of esters is 4. The molecule has 5 saturated heterocycles. The zero-order chi connectivity index (χ0) is 79.5. The molecule has 3 aromatic rings. The minimum Gasteiger partial charge on any atom is -0.495 e. The number of epoxide rings is 2. The number of hydrogen-bond acceptors (Lipinski definition) is 21. The first-order valence-corrected chi connectivity index (χ1v) is 38.3. The van der Waals surface area contributed by atoms with Crippen LogP contribution < -0.4 is 25.2 Å². The molecule has 4 amide bonds. The largest absolute Gasteiger partial charge is 0.495 e. The number of piperidine rings is 1. The van der Waals surface area contributed by atoms with Crippen molar-refractivity contribution in [3.05, 3.63) is 133 Å². The number of ether oxygens (including phenoxy) is 9. The molecule has 5 fully saturated rings. The van der Waals surface area contributed by atoms with Crippen molar-refractivity contribution in [2.75, 3.05) is 79.0 Å². The number of benzene rings is 3. The lowest BCUT2D eigenvalue weighted by molar-refractivity contribution is -0.188. The van der Waals surface area contributed by atoms with Gasteiger partial charge in [0, 0.05) is 85.1 Å². The lowest BCUT2D eigenvalue weighted by Gasteiger charge is -2.41. The van der Waals surface area contributed by atoms with Crippen molar-refractivity contribution < 1.29 is 91.2 Å². The third-order valence-electron chi connectivity index (χ3n) is 23.5. The molecule has 16 atom stereocenters. The smallest absolute Gasteiger partial charge is 0.328 e. The maximum absolute atomic E-state index is 14.2. The number of anilines is 2. The van der Waals surface area contributed by atoms with E-state index in [2.05, 4.69) is 10.6 Å². The van der Waals surface area contributed by atoms with Crippen LogP contribution in [-0.4, -0.2) is 220 Å². The van der Waals surface area contributed by atoms with E-state index in [-0.39, 0.29) is 67.2 Å². The van der Waals surface area contributed by atoms with Crippen LogP contribution >= 0.6 is 23.2 Å². The van der Waals surface area contributed by atoms with E-state index in [0.29, 0.717) is 53.4 Å². The highest BCUT2D eigenvalue weighted by Crippen LogP contribution is 2.52. The predicted molar refractivity (Wildman–Crippen MR) is 409 cm³/mol. The molecule has 8 bridgehead atoms. The molecule has 25 nitrogen and oxygen atoms in total. The Morgan fingerprint density at radius 1 is 0.642 bits per heavy atom. The van der Waals surface area contributed by atoms with Crippen LogP contribution in [0.4, 0.5) is 11.4 Å². The molecule has 8 aliphatic heterocycles. The molecule has 0 aromatic heterocycles. The van der Waals surface area contributed by atoms with Gasteiger partial charge in [0.05, 0.1) is 61.4 Å². The standard InChI is InChI=1S/C43H54ClN3O9.C39H54ClN3O10/c1-24-10-9-11-34(53-8)43(52)21-33(54-37(49)22-43)26(3)39-42(5,56-39)35(20-36(48)47(7)32-18-28(16-24)17-25(2)38(32)44)55-41(51)27(4)46(6)40(50)30-12-13-31-23-45-15-14-29(31)19-30;1-22-10-9-11-30(50-8)39(48)20-29(51-33(45)21-39)23(2)35-38(4,53-35)31(52-37(47)24(3)42(5)36(46)26-12-14-41-15-13-26)19-32(44)43(6)27-17-25(16-22)18-28(49-7)34(27)40/h9-13,17-19,26-27,33-35,39,45,52H,14-16,20-23H2,1-8H3;9-11,17-18,23-24,26,29-31,35,41,48H,12-16,19-21H2,1-8H3/b11-9+,24-10+;11-9+,22-10+/t26-,27+,33+,34-,35+,39+,42+,43-;23-,24+,29+,30-,31+,35+,38+,39-/m11/s1. The fourth-order valence-electron chi connectivity index (χ4n) is 16.1. The summed E-state index contributed by atoms with van der Waals surface area (Å²) in [6.45, 7) is 19.2. The molecule has 594 valence electrons. The molecule has 0 radical (unpaired) electrons. The lowest BCUT2D eigenvalue weighted by atomic mass is 9.78. The molecule has 3 aromatic carbocycles. The van der Waals surface area contributed by atoms with E-state index in [0.717, 1.165) is 71.6 Å². The molecule has 4 N–H and O–H groups in total. The summed E-state index contributed by atoms with van der Waals surface area (Å²) in [7, 11) is 10.8. The number of methoxy groups -OCH3 is 3. The van der Waals surface area contributed by atoms with Crippen molar-refractivity contribution >= 4 is 82.1 Å². The van der Waals surface area contributed by atoms with E-state index in [9.17, 15) is 48.6 Å². The summed E-state index contributed by atoms with van der Waals surface area (Å²) in [5.41, 5.74) is 2.60. The van der Waals surface area contributed by atoms with E-state index in [4.69, 9.17) is 65.8 Å². The van der Waals surface area contributed by atoms with Gasteiger partial charge in [0.25, 0.3) is 5.91 Å². The molecule has 0 aliphatic carbocycles. The van der Waals surface area contributed by atoms with Gasteiger partial charge in [-0.15, -0.1) is 0 Å². The quantitative estimate of drug-likeness (QED) is 0.0791. The van der Waals surface area contributed by atoms with Gasteiger partial charge in [0.15, 0.2) is 0 Å². The predicted octanol–water partition coefficient (Wildman–Crippen LogP) is 8.79. The highest BCUT2D eigenvalue weighted by Gasteiger charge is 2.66. The van der Waals surface area contributed by atoms with Gasteiger partial charge in [-0.3, -0.25) is 28.8 Å². The molecule has 8 aliphatic rings. The van der Waals surface area contributed by atoms with Crippen LogP contribution in [-0.2, 0) is 97.3 Å². The number of fused-ring (bicyclic) bond motifs is 11. The number of carbonyl (C=O) groups excluding carboxylic acids is 8. The summed E-state index contributed by atoms with van der Waals surface area (Å²) < 4.78 is 53.6. The number of aryl methyl sites for hydroxylation is 1. The Hall–Kier alpha value is -7.56. The van der Waals surface area contributed by atoms with Gasteiger partial charge in [-0.05, 0) is 158 Å². The number of carbonyl (C=O) groups is 8. The molecule has 27 heteroatoms. The Balaban J connectivity index is 0.000000233. The Morgan fingerprint density at radius 3 is 1.61 bits per heavy atom. The number of hydrogen-bond donors (Lipinski definition) is 4. The average Bonchev–Trinajstić information content (AvgIpc) is 1.57. The van der Waals surface area contributed by atoms with E-state index < -0.39 is 125 Å². The zero-order valence-electron chi connectivity index (χ0n) is 65.5. The van der Waals surface area contributed by atoms with Gasteiger partial charge < -0.3 is 83.1 Å². The van der Waals surface area contributed by atoms with E-state index >= 15 is 0 Å². The molecule has 109 heavy (non-hydrogen) atoms. The maximum Gasteiger partial charge on any atom is 0.328 e. The Labute approximate surface area is 649 Å². The van der Waals surface area contributed by atoms with Crippen molar-refractivity contribution in [1.82, 2.24) is 20.4 Å². The Morgan fingerprint density at radius 2 is 1.12 bits per heavy atom. The number of rotatable bonds is 11. The summed E-state index contributed by atoms with van der Waals surface area (Å²) in [6, 6.07) is 11.1. The van der Waals surface area contributed by atoms with E-state index in [1.165, 1.54) is 40.9 Å². The van der Waals surface area contributed by atoms with Gasteiger partial charge >= 0.3 is 23.9 Å². The highest BCUT2D eigenvalue weighted by atomic mass is 35.5. The molecule has 0 saturated carbocycles. The van der Waals surface area contributed by atoms with Crippen molar-refractivity contribution in [1.29, 1.82) is 0 Å². The minimum absolute atomic E-state index is 0.0677. The van der Waals surface area contributed by atoms with Gasteiger partial charge in [-0.2, -0.15) is 0 Å². The molecular weight excluding hydrogens is 1440 g/mol. The minimum atomic E-state index is -1.57. The van der Waals surface area contributed by atoms with Crippen LogP contribution in [0.5, 0.6) is 5.75 Å². The SMILES string of the molecule is CO[C@@H]1/C=C/C=C(\C)Cc2cc(C)c(Cl)c(c2)N(C)C(=O)C[C@H](OC(=O)[C@H](C)N(C)C(=O)c2ccc3c(c2)CCNC3)[C@]2(C)O[C@H]2[C@H](C)[C@@H]2C[C@@]1(O)CC(=O)O2.COc1cc2cc(c1Cl)N(C)C(=O)C[C@H](OC(=O)[C@H](C)N(C)C(=O)C1CCNCC1)[C@]1(C)O[C@H]1[C@H](C)[C@@H]1C[C@@](O)(CC(=O)O1)[C@H](OC)/C=C/C=C(\C)C2. The molecule has 0 unspecified atom stereocenters. The van der Waals surface area contributed by atoms with E-state index in [1.54, 1.807) is 86.2 Å². The Kier molecular flexibility index (Phi) is 26.6. The highest BCUT2D eigenvalue weighted by molar-refractivity contribution is 6.35. The van der Waals surface area contributed by atoms with Crippen LogP contribution in [0.1, 0.15) is 145 Å². The zero-order valence-corrected chi connectivity index (χ0v) is 67.0. The first-order chi connectivity index (χ1) is 51.5. The molecular formula is C82H108Cl2N6O19. The van der Waals surface area contributed by atoms with Crippen LogP contribution in [0.15, 0.2) is 90.1 Å². The van der Waals surface area contributed by atoms with Gasteiger partial charge in [-0.1, -0.05) is 96.8 Å². The lowest BCUT2D eigenvalue weighted by Crippen LogP contribution is -2.53. The summed E-state index contributed by atoms with van der Waals surface area (Å²) in [6.07, 6.45) is 6.46. The monoisotopic (exact) mass is 1550 g/mol. The molecule has 8 heterocycles. The fourth-order valence-corrected chi connectivity index (χ4v) is 16.6. The third-order valence-corrected chi connectivity index (χ3v) is 24.3. The number of allylic oxidation sites excluding steroid dienone is 6. The van der Waals surface area contributed by atoms with Gasteiger partial charge in [0.1, 0.15) is 81.9 Å². The molecule has 11 rings (SSSR count). The van der Waals surface area contributed by atoms with Gasteiger partial charge in [0.2, 0.25) is 17.7 Å². The molecule has 0 spiro atoms. The summed E-state index contributed by atoms with van der Waals surface area (Å²) in [4.78, 5) is 115. The number of nitrogens with one attached hydrogen (secondary N) is 2. The van der Waals surface area contributed by atoms with Crippen LogP contribution in [0, 0.1) is 24.7 Å². The second-order valence-corrected chi connectivity index (χ2v) is 32.1. The van der Waals surface area contributed by atoms with Crippen LogP contribution in [0.25, 0.3) is 0 Å². The van der Waals surface area contributed by atoms with Crippen LogP contribution in [0.2, 0.25) is 10.0 Å². The van der Waals surface area contributed by atoms with Gasteiger partial charge in [-0.25, -0.2) is 9.59 Å². The first-order valence-electron chi connectivity index (χ1n) is 37.6. The summed E-state index contributed by atoms with van der Waals surface area (Å²) >= 11 is 13.6. The second-order valence-electron chi connectivity index (χ2n) is 31.3. The summed E-state index contributed by atoms with van der Waals surface area (Å²) in [5, 5.41) is 31.0. The number of amides is 4. The van der Waals surface area contributed by atoms with Crippen molar-refractivity contribution in [3.8, 4) is 5.75 Å². The fraction of sp³-hybridized carbons (Fsp3) is 0.585. The number of aliphatic hydroxyl groups is 2. The third kappa shape index (κ3) is 18.7. The van der Waals surface area contributed by atoms with Crippen molar-refractivity contribution in [3.63, 3.8) is 0 Å². The van der Waals surface area contributed by atoms with Crippen molar-refractivity contribution in [2.24, 2.45) is 17.8 Å². The van der Waals surface area contributed by atoms with Crippen molar-refractivity contribution in [2.45, 2.75) is 223 Å². The number of halogens is 2. The summed E-state index contributed by atoms with van der Waals surface area (Å²) in [5.74, 6) is -4.59. The number of nitrogens with zero attached hydrogens (tertiary/aromatic N) is 4. The normalized spacial score (nSPS) is 32.4. The average molecular weight is 1550 g/mol. The second kappa shape index (κ2) is 34.6. The Bertz CT molecular complexity index is 4080. The number of likely N-dealkylation sites (N-methyl/N-ethyl adjacent to an activating group) is 2. The van der Waals surface area contributed by atoms with Crippen LogP contribution in [0.3, 0.4) is 0 Å². The van der Waals surface area contributed by atoms with E-state index in [1.807, 2.05) is 83.2 Å². The maximum atomic E-state index is 14.2. The topological polar surface area (TPSA) is 304 Å². The first kappa shape index (κ1) is 83.9.